The average Bonchev–Trinajstić information content (AvgIpc) is 3.31. The van der Waals surface area contributed by atoms with Crippen molar-refractivity contribution in [1.82, 2.24) is 0 Å². The number of benzene rings is 8. The lowest BCUT2D eigenvalue weighted by molar-refractivity contribution is -0.138. The molecule has 0 spiro atoms. The van der Waals surface area contributed by atoms with Gasteiger partial charge in [0.15, 0.2) is 29.4 Å². The monoisotopic (exact) mass is 1010 g/mol. The molecular formula is C50H36F6O6S5. The van der Waals surface area contributed by atoms with Gasteiger partial charge in [-0.15, -0.1) is 0 Å². The van der Waals surface area contributed by atoms with E-state index in [1.165, 1.54) is 39.2 Å². The van der Waals surface area contributed by atoms with Crippen LogP contribution in [-0.2, 0) is 54.4 Å². The molecule has 0 bridgehead atoms. The minimum Gasteiger partial charge on any atom is -0.744 e. The predicted octanol–water partition coefficient (Wildman–Crippen LogP) is 13.2. The van der Waals surface area contributed by atoms with Crippen molar-refractivity contribution in [3.05, 3.63) is 230 Å². The van der Waals surface area contributed by atoms with E-state index in [0.29, 0.717) is 48.5 Å². The third-order valence-corrected chi connectivity index (χ3v) is 16.9. The van der Waals surface area contributed by atoms with Crippen LogP contribution in [0.5, 0.6) is 0 Å². The van der Waals surface area contributed by atoms with Gasteiger partial charge in [-0.1, -0.05) is 109 Å². The van der Waals surface area contributed by atoms with Crippen molar-refractivity contribution < 1.29 is 52.3 Å². The minimum atomic E-state index is -4.68. The van der Waals surface area contributed by atoms with E-state index in [0.717, 1.165) is 0 Å². The molecule has 344 valence electrons. The molecular weight excluding hydrogens is 971 g/mol. The molecule has 0 amide bonds. The Balaban J connectivity index is 0.000000216. The van der Waals surface area contributed by atoms with E-state index in [-0.39, 0.29) is 21.8 Å². The van der Waals surface area contributed by atoms with Gasteiger partial charge in [0.05, 0.1) is 30.7 Å². The fourth-order valence-electron chi connectivity index (χ4n) is 6.15. The van der Waals surface area contributed by atoms with Gasteiger partial charge in [-0.2, -0.15) is 26.3 Å². The van der Waals surface area contributed by atoms with Crippen molar-refractivity contribution in [2.75, 3.05) is 0 Å². The summed E-state index contributed by atoms with van der Waals surface area (Å²) in [5.74, 6) is 0. The molecule has 0 aliphatic carbocycles. The van der Waals surface area contributed by atoms with Crippen molar-refractivity contribution in [2.45, 2.75) is 61.3 Å². The molecule has 8 aromatic carbocycles. The zero-order valence-electron chi connectivity index (χ0n) is 34.5. The van der Waals surface area contributed by atoms with Gasteiger partial charge in [0.25, 0.3) is 0 Å². The molecule has 8 rings (SSSR count). The highest BCUT2D eigenvalue weighted by atomic mass is 32.2. The Bertz CT molecular complexity index is 2770. The summed E-state index contributed by atoms with van der Waals surface area (Å²) in [5.41, 5.74) is -1.99. The van der Waals surface area contributed by atoms with Crippen LogP contribution in [0.15, 0.2) is 267 Å². The predicted molar refractivity (Wildman–Crippen MR) is 246 cm³/mol. The average molecular weight is 1010 g/mol. The van der Waals surface area contributed by atoms with E-state index in [2.05, 4.69) is 170 Å². The molecule has 0 unspecified atom stereocenters. The second kappa shape index (κ2) is 22.3. The topological polar surface area (TPSA) is 114 Å². The third-order valence-electron chi connectivity index (χ3n) is 9.21. The summed E-state index contributed by atoms with van der Waals surface area (Å²) in [7, 11) is -9.78. The number of hydrogen-bond acceptors (Lipinski definition) is 7. The molecule has 0 heterocycles. The molecule has 0 fully saturated rings. The SMILES string of the molecule is O=S(=O)([O-])c1ccc(C(F)(F)F)cc1.O=S(=O)([O-])c1ccc(C(F)(F)F)cc1.c1ccc([S+](c2ccccc2)c2ccccc2Sc2ccccc2[S+](c2ccccc2)c2ccccc2)cc1. The van der Waals surface area contributed by atoms with E-state index < -0.39 is 53.5 Å². The first-order valence-electron chi connectivity index (χ1n) is 19.6. The lowest BCUT2D eigenvalue weighted by atomic mass is 10.2. The van der Waals surface area contributed by atoms with Crippen LogP contribution in [-0.4, -0.2) is 25.9 Å². The summed E-state index contributed by atoms with van der Waals surface area (Å²) in [4.78, 5) is 9.28. The van der Waals surface area contributed by atoms with Gasteiger partial charge in [-0.25, -0.2) is 16.8 Å². The molecule has 0 aliphatic heterocycles. The Morgan fingerprint density at radius 1 is 0.343 bits per heavy atom. The highest BCUT2D eigenvalue weighted by Gasteiger charge is 2.35. The van der Waals surface area contributed by atoms with Crippen molar-refractivity contribution >= 4 is 53.8 Å². The van der Waals surface area contributed by atoms with Gasteiger partial charge in [-0.05, 0) is 121 Å². The van der Waals surface area contributed by atoms with Gasteiger partial charge in [0.2, 0.25) is 0 Å². The fraction of sp³-hybridized carbons (Fsp3) is 0.0400. The van der Waals surface area contributed by atoms with Gasteiger partial charge in [-0.3, -0.25) is 0 Å². The molecule has 0 aromatic heterocycles. The quantitative estimate of drug-likeness (QED) is 0.0761. The van der Waals surface area contributed by atoms with E-state index >= 15 is 0 Å². The Labute approximate surface area is 394 Å². The molecule has 8 aromatic rings. The van der Waals surface area contributed by atoms with Crippen molar-refractivity contribution in [3.63, 3.8) is 0 Å². The van der Waals surface area contributed by atoms with E-state index in [1.54, 1.807) is 0 Å². The standard InChI is InChI=1S/C36H28S3.2C7H5F3O3S/c1-5-17-29(18-6-1)38(30-19-7-2-8-20-30)35-27-15-13-25-33(35)37-34-26-14-16-28-36(34)39(31-21-9-3-10-22-31)32-23-11-4-12-24-32;2*8-7(9,10)5-1-3-6(4-2-5)14(11,12)13/h1-28H;2*1-4H,(H,11,12,13)/q+2;;/p-2. The first-order chi connectivity index (χ1) is 31.8. The summed E-state index contributed by atoms with van der Waals surface area (Å²) >= 11 is 1.89. The van der Waals surface area contributed by atoms with Gasteiger partial charge in [0.1, 0.15) is 42.0 Å². The Kier molecular flexibility index (Phi) is 16.9. The number of rotatable bonds is 10. The largest absolute Gasteiger partial charge is 0.744 e. The van der Waals surface area contributed by atoms with E-state index in [4.69, 9.17) is 0 Å². The molecule has 0 radical (unpaired) electrons. The third kappa shape index (κ3) is 14.1. The highest BCUT2D eigenvalue weighted by molar-refractivity contribution is 8.02. The number of alkyl halides is 6. The van der Waals surface area contributed by atoms with Gasteiger partial charge in [0, 0.05) is 0 Å². The molecule has 0 atom stereocenters. The lowest BCUT2D eigenvalue weighted by Gasteiger charge is -2.14. The Morgan fingerprint density at radius 3 is 0.821 bits per heavy atom. The lowest BCUT2D eigenvalue weighted by Crippen LogP contribution is -2.07. The van der Waals surface area contributed by atoms with E-state index in [1.807, 2.05) is 11.8 Å². The van der Waals surface area contributed by atoms with Crippen molar-refractivity contribution in [3.8, 4) is 0 Å². The first-order valence-corrected chi connectivity index (χ1v) is 25.7. The molecule has 6 nitrogen and oxygen atoms in total. The van der Waals surface area contributed by atoms with Crippen LogP contribution in [0.3, 0.4) is 0 Å². The van der Waals surface area contributed by atoms with Crippen molar-refractivity contribution in [2.24, 2.45) is 0 Å². The van der Waals surface area contributed by atoms with Crippen LogP contribution in [0.1, 0.15) is 11.1 Å². The van der Waals surface area contributed by atoms with Gasteiger partial charge < -0.3 is 9.11 Å². The zero-order chi connectivity index (χ0) is 48.2. The van der Waals surface area contributed by atoms with Crippen LogP contribution < -0.4 is 0 Å². The smallest absolute Gasteiger partial charge is 0.416 e. The van der Waals surface area contributed by atoms with Gasteiger partial charge >= 0.3 is 12.4 Å². The minimum absolute atomic E-state index is 0.208. The van der Waals surface area contributed by atoms with Crippen LogP contribution in [0.4, 0.5) is 26.3 Å². The second-order valence-corrected chi connectivity index (χ2v) is 21.6. The normalized spacial score (nSPS) is 11.9. The summed E-state index contributed by atoms with van der Waals surface area (Å²) in [6, 6.07) is 66.2. The van der Waals surface area contributed by atoms with Crippen LogP contribution in [0.2, 0.25) is 0 Å². The number of hydrogen-bond donors (Lipinski definition) is 0. The molecule has 17 heteroatoms. The summed E-state index contributed by atoms with van der Waals surface area (Å²) in [6.07, 6.45) is -9.07. The summed E-state index contributed by atoms with van der Waals surface area (Å²) in [6.45, 7) is 0. The molecule has 0 saturated heterocycles. The summed E-state index contributed by atoms with van der Waals surface area (Å²) in [5, 5.41) is 0. The van der Waals surface area contributed by atoms with Crippen LogP contribution in [0, 0.1) is 0 Å². The molecule has 0 N–H and O–H groups in total. The first kappa shape index (κ1) is 50.6. The Hall–Kier alpha value is -5.79. The molecule has 0 aliphatic rings. The van der Waals surface area contributed by atoms with Crippen LogP contribution >= 0.6 is 11.8 Å². The van der Waals surface area contributed by atoms with Crippen molar-refractivity contribution in [1.29, 1.82) is 0 Å². The van der Waals surface area contributed by atoms with E-state index in [9.17, 15) is 52.3 Å². The number of halogens is 6. The molecule has 67 heavy (non-hydrogen) atoms. The second-order valence-electron chi connectivity index (χ2n) is 13.8. The zero-order valence-corrected chi connectivity index (χ0v) is 38.6. The maximum absolute atomic E-state index is 12.0. The van der Waals surface area contributed by atoms with Crippen LogP contribution in [0.25, 0.3) is 0 Å². The maximum atomic E-state index is 12.0. The fourth-order valence-corrected chi connectivity index (χ4v) is 13.0. The molecule has 0 saturated carbocycles. The maximum Gasteiger partial charge on any atom is 0.416 e. The summed E-state index contributed by atoms with van der Waals surface area (Å²) < 4.78 is 134. The Morgan fingerprint density at radius 2 is 0.582 bits per heavy atom. The highest BCUT2D eigenvalue weighted by Crippen LogP contribution is 2.44.